The molecule has 2 aromatic rings. The van der Waals surface area contributed by atoms with Crippen LogP contribution in [0.2, 0.25) is 0 Å². The fraction of sp³-hybridized carbons (Fsp3) is 0.474. The van der Waals surface area contributed by atoms with Crippen molar-refractivity contribution in [3.05, 3.63) is 42.0 Å². The van der Waals surface area contributed by atoms with Crippen LogP contribution in [0.1, 0.15) is 22.6 Å². The normalized spacial score (nSPS) is 23.4. The van der Waals surface area contributed by atoms with E-state index in [0.29, 0.717) is 31.9 Å². The molecule has 1 spiro atoms. The van der Waals surface area contributed by atoms with Crippen LogP contribution in [-0.4, -0.2) is 75.1 Å². The smallest absolute Gasteiger partial charge is 0.272 e. The van der Waals surface area contributed by atoms with Gasteiger partial charge in [-0.05, 0) is 32.5 Å². The van der Waals surface area contributed by atoms with Gasteiger partial charge in [0.1, 0.15) is 5.69 Å². The van der Waals surface area contributed by atoms with Crippen LogP contribution in [0.4, 0.5) is 5.69 Å². The van der Waals surface area contributed by atoms with Gasteiger partial charge in [0.2, 0.25) is 5.91 Å². The molecule has 4 rings (SSSR count). The Balaban J connectivity index is 1.56. The summed E-state index contributed by atoms with van der Waals surface area (Å²) in [7, 11) is 3.81. The molecule has 0 saturated carbocycles. The summed E-state index contributed by atoms with van der Waals surface area (Å²) in [5, 5.41) is 4.19. The third-order valence-corrected chi connectivity index (χ3v) is 5.67. The van der Waals surface area contributed by atoms with Gasteiger partial charge in [0.25, 0.3) is 5.91 Å². The fourth-order valence-corrected chi connectivity index (χ4v) is 4.04. The quantitative estimate of drug-likeness (QED) is 0.780. The zero-order valence-corrected chi connectivity index (χ0v) is 15.9. The van der Waals surface area contributed by atoms with Crippen molar-refractivity contribution in [2.45, 2.75) is 18.9 Å². The third-order valence-electron chi connectivity index (χ3n) is 5.67. The molecule has 8 heteroatoms. The highest BCUT2D eigenvalue weighted by atomic mass is 16.2. The summed E-state index contributed by atoms with van der Waals surface area (Å²) in [4.78, 5) is 35.6. The lowest BCUT2D eigenvalue weighted by Crippen LogP contribution is -2.64. The number of likely N-dealkylation sites (tertiary alicyclic amines) is 1. The van der Waals surface area contributed by atoms with Gasteiger partial charge < -0.3 is 9.80 Å². The molecule has 1 atom stereocenters. The number of piperazine rings is 1. The number of hydrogen-bond donors (Lipinski definition) is 0. The van der Waals surface area contributed by atoms with Crippen LogP contribution in [0.3, 0.4) is 0 Å². The molecule has 27 heavy (non-hydrogen) atoms. The van der Waals surface area contributed by atoms with Gasteiger partial charge in [0.05, 0.1) is 24.0 Å². The van der Waals surface area contributed by atoms with Crippen LogP contribution >= 0.6 is 0 Å². The van der Waals surface area contributed by atoms with E-state index in [1.807, 2.05) is 44.2 Å². The highest BCUT2D eigenvalue weighted by molar-refractivity contribution is 5.96. The number of anilines is 1. The van der Waals surface area contributed by atoms with Crippen molar-refractivity contribution in [3.63, 3.8) is 0 Å². The summed E-state index contributed by atoms with van der Waals surface area (Å²) in [5.41, 5.74) is 1.87. The van der Waals surface area contributed by atoms with Gasteiger partial charge in [-0.1, -0.05) is 6.07 Å². The number of aromatic nitrogens is 3. The van der Waals surface area contributed by atoms with Gasteiger partial charge in [-0.3, -0.25) is 19.2 Å². The zero-order chi connectivity index (χ0) is 19.2. The third kappa shape index (κ3) is 3.10. The van der Waals surface area contributed by atoms with Crippen LogP contribution in [-0.2, 0) is 11.8 Å². The van der Waals surface area contributed by atoms with Crippen molar-refractivity contribution in [2.24, 2.45) is 7.05 Å². The lowest BCUT2D eigenvalue weighted by atomic mass is 9.93. The monoisotopic (exact) mass is 368 g/mol. The summed E-state index contributed by atoms with van der Waals surface area (Å²) in [5.74, 6) is 0.00931. The van der Waals surface area contributed by atoms with E-state index < -0.39 is 0 Å². The van der Waals surface area contributed by atoms with E-state index in [4.69, 9.17) is 0 Å². The summed E-state index contributed by atoms with van der Waals surface area (Å²) in [6.07, 6.45) is 4.39. The number of carbonyl (C=O) groups excluding carboxylic acids is 2. The SMILES string of the molecule is Cc1cccc(C(=O)N2CC[C@@]3(C2)CN(c2cnn(C)c2)C(=O)CN3C)n1. The Morgan fingerprint density at radius 1 is 1.22 bits per heavy atom. The van der Waals surface area contributed by atoms with Crippen molar-refractivity contribution in [1.82, 2.24) is 24.6 Å². The molecule has 0 aromatic carbocycles. The maximum absolute atomic E-state index is 12.9. The number of aryl methyl sites for hydroxylation is 2. The number of amides is 2. The van der Waals surface area contributed by atoms with E-state index in [1.54, 1.807) is 21.8 Å². The van der Waals surface area contributed by atoms with Gasteiger partial charge in [0, 0.05) is 38.6 Å². The Hall–Kier alpha value is -2.74. The maximum Gasteiger partial charge on any atom is 0.272 e. The Morgan fingerprint density at radius 2 is 2.04 bits per heavy atom. The molecule has 0 unspecified atom stereocenters. The molecule has 2 aliphatic heterocycles. The lowest BCUT2D eigenvalue weighted by Gasteiger charge is -2.46. The van der Waals surface area contributed by atoms with E-state index >= 15 is 0 Å². The highest BCUT2D eigenvalue weighted by Gasteiger charge is 2.49. The standard InChI is InChI=1S/C19H24N6O2/c1-14-5-4-6-16(21-14)18(27)24-8-7-19(12-24)13-25(17(26)11-22(19)2)15-9-20-23(3)10-15/h4-6,9-10H,7-8,11-13H2,1-3H3/t19-/m1/s1. The molecule has 0 aliphatic carbocycles. The molecule has 2 aliphatic rings. The highest BCUT2D eigenvalue weighted by Crippen LogP contribution is 2.33. The molecule has 0 bridgehead atoms. The number of carbonyl (C=O) groups is 2. The van der Waals surface area contributed by atoms with Crippen LogP contribution < -0.4 is 4.90 Å². The number of nitrogens with zero attached hydrogens (tertiary/aromatic N) is 6. The first-order valence-electron chi connectivity index (χ1n) is 9.11. The van der Waals surface area contributed by atoms with Gasteiger partial charge >= 0.3 is 0 Å². The predicted molar refractivity (Wildman–Crippen MR) is 100 cm³/mol. The second kappa shape index (κ2) is 6.45. The van der Waals surface area contributed by atoms with Crippen molar-refractivity contribution >= 4 is 17.5 Å². The first-order valence-corrected chi connectivity index (χ1v) is 9.11. The van der Waals surface area contributed by atoms with Crippen molar-refractivity contribution < 1.29 is 9.59 Å². The average Bonchev–Trinajstić information content (AvgIpc) is 3.25. The first-order chi connectivity index (χ1) is 12.9. The minimum atomic E-state index is -0.247. The van der Waals surface area contributed by atoms with Crippen LogP contribution in [0.15, 0.2) is 30.6 Å². The second-order valence-corrected chi connectivity index (χ2v) is 7.57. The Bertz CT molecular complexity index is 894. The second-order valence-electron chi connectivity index (χ2n) is 7.57. The van der Waals surface area contributed by atoms with Gasteiger partial charge in [0.15, 0.2) is 0 Å². The Morgan fingerprint density at radius 3 is 2.74 bits per heavy atom. The van der Waals surface area contributed by atoms with E-state index in [2.05, 4.69) is 15.0 Å². The summed E-state index contributed by atoms with van der Waals surface area (Å²) in [6, 6.07) is 5.50. The summed E-state index contributed by atoms with van der Waals surface area (Å²) in [6.45, 7) is 4.02. The molecular weight excluding hydrogens is 344 g/mol. The van der Waals surface area contributed by atoms with Crippen LogP contribution in [0.25, 0.3) is 0 Å². The van der Waals surface area contributed by atoms with Gasteiger partial charge in [-0.15, -0.1) is 0 Å². The first kappa shape index (κ1) is 17.7. The van der Waals surface area contributed by atoms with E-state index in [1.165, 1.54) is 0 Å². The number of likely N-dealkylation sites (N-methyl/N-ethyl adjacent to an activating group) is 1. The maximum atomic E-state index is 12.9. The van der Waals surface area contributed by atoms with Gasteiger partial charge in [-0.25, -0.2) is 4.98 Å². The van der Waals surface area contributed by atoms with Crippen LogP contribution in [0, 0.1) is 6.92 Å². The average molecular weight is 368 g/mol. The minimum absolute atomic E-state index is 0.0474. The topological polar surface area (TPSA) is 74.6 Å². The Labute approximate surface area is 158 Å². The molecule has 0 N–H and O–H groups in total. The molecule has 2 amide bonds. The molecule has 4 heterocycles. The van der Waals surface area contributed by atoms with Crippen LogP contribution in [0.5, 0.6) is 0 Å². The van der Waals surface area contributed by atoms with Crippen molar-refractivity contribution in [3.8, 4) is 0 Å². The molecule has 0 radical (unpaired) electrons. The summed E-state index contributed by atoms with van der Waals surface area (Å²) < 4.78 is 1.70. The van der Waals surface area contributed by atoms with E-state index in [9.17, 15) is 9.59 Å². The lowest BCUT2D eigenvalue weighted by molar-refractivity contribution is -0.123. The van der Waals surface area contributed by atoms with Crippen molar-refractivity contribution in [1.29, 1.82) is 0 Å². The number of pyridine rings is 1. The van der Waals surface area contributed by atoms with Crippen molar-refractivity contribution in [2.75, 3.05) is 38.1 Å². The predicted octanol–water partition coefficient (Wildman–Crippen LogP) is 0.687. The molecular formula is C19H24N6O2. The molecule has 142 valence electrons. The molecule has 2 fully saturated rings. The minimum Gasteiger partial charge on any atom is -0.335 e. The number of rotatable bonds is 2. The Kier molecular flexibility index (Phi) is 4.22. The zero-order valence-electron chi connectivity index (χ0n) is 15.9. The van der Waals surface area contributed by atoms with E-state index in [0.717, 1.165) is 17.8 Å². The number of hydrogen-bond acceptors (Lipinski definition) is 5. The fourth-order valence-electron chi connectivity index (χ4n) is 4.04. The molecule has 2 aromatic heterocycles. The van der Waals surface area contributed by atoms with Gasteiger partial charge in [-0.2, -0.15) is 5.10 Å². The molecule has 8 nitrogen and oxygen atoms in total. The molecule has 2 saturated heterocycles. The largest absolute Gasteiger partial charge is 0.335 e. The summed E-state index contributed by atoms with van der Waals surface area (Å²) >= 11 is 0. The van der Waals surface area contributed by atoms with E-state index in [-0.39, 0.29) is 17.4 Å².